The maximum absolute atomic E-state index is 11.7. The summed E-state index contributed by atoms with van der Waals surface area (Å²) in [5.74, 6) is -0.935. The van der Waals surface area contributed by atoms with Crippen molar-refractivity contribution in [3.8, 4) is 0 Å². The van der Waals surface area contributed by atoms with Crippen molar-refractivity contribution in [2.45, 2.75) is 25.0 Å². The van der Waals surface area contributed by atoms with Gasteiger partial charge in [-0.05, 0) is 32.2 Å². The van der Waals surface area contributed by atoms with Crippen LogP contribution in [0.25, 0.3) is 0 Å². The van der Waals surface area contributed by atoms with Gasteiger partial charge in [0.15, 0.2) is 0 Å². The molecule has 2 amide bonds. The molecule has 3 N–H and O–H groups in total. The molecule has 0 aliphatic heterocycles. The minimum absolute atomic E-state index is 0.0269. The first kappa shape index (κ1) is 16.3. The Morgan fingerprint density at radius 3 is 2.60 bits per heavy atom. The highest BCUT2D eigenvalue weighted by molar-refractivity contribution is 7.99. The lowest BCUT2D eigenvalue weighted by atomic mass is 10.2. The predicted octanol–water partition coefficient (Wildman–Crippen LogP) is 1.97. The van der Waals surface area contributed by atoms with E-state index in [-0.39, 0.29) is 17.2 Å². The fourth-order valence-corrected chi connectivity index (χ4v) is 1.52. The summed E-state index contributed by atoms with van der Waals surface area (Å²) in [6, 6.07) is 2.90. The summed E-state index contributed by atoms with van der Waals surface area (Å²) < 4.78 is -0.0269. The minimum atomic E-state index is -0.935. The first-order valence-corrected chi connectivity index (χ1v) is 7.31. The van der Waals surface area contributed by atoms with Crippen molar-refractivity contribution >= 4 is 29.4 Å². The molecule has 110 valence electrons. The number of rotatable bonds is 6. The van der Waals surface area contributed by atoms with Crippen LogP contribution in [0.2, 0.25) is 0 Å². The fourth-order valence-electron chi connectivity index (χ4n) is 1.30. The lowest BCUT2D eigenvalue weighted by Crippen LogP contribution is -2.38. The van der Waals surface area contributed by atoms with Crippen LogP contribution in [0.4, 0.5) is 10.5 Å². The van der Waals surface area contributed by atoms with Gasteiger partial charge in [0.25, 0.3) is 0 Å². The molecule has 1 aromatic rings. The average Bonchev–Trinajstić information content (AvgIpc) is 2.38. The van der Waals surface area contributed by atoms with Crippen LogP contribution in [0.5, 0.6) is 0 Å². The van der Waals surface area contributed by atoms with Crippen LogP contribution in [0.1, 0.15) is 19.5 Å². The van der Waals surface area contributed by atoms with Crippen LogP contribution in [-0.2, 0) is 11.2 Å². The van der Waals surface area contributed by atoms with Gasteiger partial charge in [-0.25, -0.2) is 4.79 Å². The number of hydrogen-bond acceptors (Lipinski definition) is 4. The molecule has 0 saturated carbocycles. The molecular formula is C13H19N3O3S. The highest BCUT2D eigenvalue weighted by atomic mass is 32.2. The van der Waals surface area contributed by atoms with Crippen LogP contribution in [0.15, 0.2) is 18.3 Å². The van der Waals surface area contributed by atoms with E-state index in [1.165, 1.54) is 6.20 Å². The van der Waals surface area contributed by atoms with Crippen molar-refractivity contribution in [2.24, 2.45) is 0 Å². The van der Waals surface area contributed by atoms with Crippen molar-refractivity contribution in [3.05, 3.63) is 24.0 Å². The summed E-state index contributed by atoms with van der Waals surface area (Å²) in [6.07, 6.45) is 3.30. The lowest BCUT2D eigenvalue weighted by Gasteiger charge is -2.22. The van der Waals surface area contributed by atoms with E-state index >= 15 is 0 Å². The normalized spacial score (nSPS) is 10.9. The summed E-state index contributed by atoms with van der Waals surface area (Å²) in [7, 11) is 0. The minimum Gasteiger partial charge on any atom is -0.481 e. The van der Waals surface area contributed by atoms with Crippen molar-refractivity contribution in [2.75, 3.05) is 18.1 Å². The molecular weight excluding hydrogens is 278 g/mol. The number of hydrogen-bond donors (Lipinski definition) is 3. The lowest BCUT2D eigenvalue weighted by molar-refractivity contribution is -0.136. The molecule has 0 aliphatic carbocycles. The Kier molecular flexibility index (Phi) is 5.82. The number of carbonyl (C=O) groups excluding carboxylic acids is 1. The van der Waals surface area contributed by atoms with Gasteiger partial charge in [-0.1, -0.05) is 0 Å². The fraction of sp³-hybridized carbons (Fsp3) is 0.462. The van der Waals surface area contributed by atoms with Gasteiger partial charge < -0.3 is 15.7 Å². The molecule has 0 bridgehead atoms. The molecule has 7 heteroatoms. The zero-order chi connectivity index (χ0) is 15.2. The van der Waals surface area contributed by atoms with E-state index < -0.39 is 5.97 Å². The first-order chi connectivity index (χ1) is 9.32. The quantitative estimate of drug-likeness (QED) is 0.746. The molecule has 0 aliphatic rings. The van der Waals surface area contributed by atoms with E-state index in [1.807, 2.05) is 20.1 Å². The van der Waals surface area contributed by atoms with Gasteiger partial charge in [0.05, 0.1) is 24.0 Å². The summed E-state index contributed by atoms with van der Waals surface area (Å²) in [5.41, 5.74) is 0.977. The highest BCUT2D eigenvalue weighted by Crippen LogP contribution is 2.19. The highest BCUT2D eigenvalue weighted by Gasteiger charge is 2.16. The Hall–Kier alpha value is -1.76. The number of carboxylic acid groups (broad SMARTS) is 1. The van der Waals surface area contributed by atoms with E-state index in [0.717, 1.165) is 0 Å². The van der Waals surface area contributed by atoms with Gasteiger partial charge in [0.2, 0.25) is 0 Å². The number of carbonyl (C=O) groups is 2. The Morgan fingerprint density at radius 2 is 2.10 bits per heavy atom. The van der Waals surface area contributed by atoms with E-state index in [1.54, 1.807) is 23.9 Å². The molecule has 20 heavy (non-hydrogen) atoms. The summed E-state index contributed by atoms with van der Waals surface area (Å²) in [6.45, 7) is 4.63. The zero-order valence-corrected chi connectivity index (χ0v) is 12.6. The Morgan fingerprint density at radius 1 is 1.40 bits per heavy atom. The monoisotopic (exact) mass is 297 g/mol. The van der Waals surface area contributed by atoms with Crippen molar-refractivity contribution in [1.29, 1.82) is 0 Å². The van der Waals surface area contributed by atoms with Gasteiger partial charge in [-0.15, -0.1) is 0 Å². The number of amides is 2. The molecule has 0 unspecified atom stereocenters. The van der Waals surface area contributed by atoms with Crippen molar-refractivity contribution in [3.63, 3.8) is 0 Å². The van der Waals surface area contributed by atoms with Gasteiger partial charge in [-0.3, -0.25) is 9.78 Å². The number of aromatic nitrogens is 1. The molecule has 0 aromatic carbocycles. The molecule has 6 nitrogen and oxygen atoms in total. The number of aliphatic carboxylic acids is 1. The maximum Gasteiger partial charge on any atom is 0.319 e. The third kappa shape index (κ3) is 5.92. The second-order valence-corrected chi connectivity index (χ2v) is 6.39. The number of nitrogens with one attached hydrogen (secondary N) is 2. The summed E-state index contributed by atoms with van der Waals surface area (Å²) in [4.78, 5) is 26.2. The standard InChI is InChI=1S/C13H19N3O3S/c1-13(2,20-3)8-15-12(19)16-10-5-4-9(14-7-10)6-11(17)18/h4-5,7H,6,8H2,1-3H3,(H,17,18)(H2,15,16,19). The summed E-state index contributed by atoms with van der Waals surface area (Å²) >= 11 is 1.67. The van der Waals surface area contributed by atoms with Crippen LogP contribution >= 0.6 is 11.8 Å². The first-order valence-electron chi connectivity index (χ1n) is 6.09. The van der Waals surface area contributed by atoms with E-state index in [0.29, 0.717) is 17.9 Å². The van der Waals surface area contributed by atoms with Gasteiger partial charge >= 0.3 is 12.0 Å². The van der Waals surface area contributed by atoms with Gasteiger partial charge in [-0.2, -0.15) is 11.8 Å². The van der Waals surface area contributed by atoms with Gasteiger partial charge in [0, 0.05) is 11.3 Å². The van der Waals surface area contributed by atoms with Crippen LogP contribution in [-0.4, -0.2) is 39.6 Å². The largest absolute Gasteiger partial charge is 0.481 e. The Labute approximate surface area is 122 Å². The molecule has 0 radical (unpaired) electrons. The second-order valence-electron chi connectivity index (χ2n) is 4.88. The number of anilines is 1. The smallest absolute Gasteiger partial charge is 0.319 e. The number of pyridine rings is 1. The molecule has 1 heterocycles. The van der Waals surface area contributed by atoms with Crippen molar-refractivity contribution < 1.29 is 14.7 Å². The maximum atomic E-state index is 11.7. The predicted molar refractivity (Wildman–Crippen MR) is 80.2 cm³/mol. The molecule has 0 fully saturated rings. The molecule has 0 saturated heterocycles. The van der Waals surface area contributed by atoms with Crippen LogP contribution in [0, 0.1) is 0 Å². The van der Waals surface area contributed by atoms with E-state index in [4.69, 9.17) is 5.11 Å². The molecule has 1 aromatic heterocycles. The second kappa shape index (κ2) is 7.14. The van der Waals surface area contributed by atoms with Crippen molar-refractivity contribution in [1.82, 2.24) is 10.3 Å². The number of thioether (sulfide) groups is 1. The topological polar surface area (TPSA) is 91.3 Å². The Bertz CT molecular complexity index is 474. The SMILES string of the molecule is CSC(C)(C)CNC(=O)Nc1ccc(CC(=O)O)nc1. The Balaban J connectivity index is 2.48. The average molecular weight is 297 g/mol. The van der Waals surface area contributed by atoms with E-state index in [2.05, 4.69) is 15.6 Å². The number of urea groups is 1. The van der Waals surface area contributed by atoms with Crippen LogP contribution in [0.3, 0.4) is 0 Å². The third-order valence-electron chi connectivity index (χ3n) is 2.64. The molecule has 0 atom stereocenters. The molecule has 0 spiro atoms. The van der Waals surface area contributed by atoms with E-state index in [9.17, 15) is 9.59 Å². The number of carboxylic acids is 1. The molecule has 1 rings (SSSR count). The van der Waals surface area contributed by atoms with Crippen LogP contribution < -0.4 is 10.6 Å². The van der Waals surface area contributed by atoms with Gasteiger partial charge in [0.1, 0.15) is 0 Å². The third-order valence-corrected chi connectivity index (χ3v) is 3.89. The zero-order valence-electron chi connectivity index (χ0n) is 11.8. The number of nitrogens with zero attached hydrogens (tertiary/aromatic N) is 1. The summed E-state index contributed by atoms with van der Waals surface area (Å²) in [5, 5.41) is 14.1.